The highest BCUT2D eigenvalue weighted by atomic mass is 127. The van der Waals surface area contributed by atoms with Gasteiger partial charge in [-0.25, -0.2) is 0 Å². The molecule has 0 aliphatic rings. The van der Waals surface area contributed by atoms with Gasteiger partial charge in [0, 0.05) is 16.8 Å². The van der Waals surface area contributed by atoms with Crippen LogP contribution in [-0.2, 0) is 4.43 Å². The third kappa shape index (κ3) is 3.34. The predicted octanol–water partition coefficient (Wildman–Crippen LogP) is 2.63. The topological polar surface area (TPSA) is 12.9 Å². The van der Waals surface area contributed by atoms with E-state index in [1.54, 1.807) is 6.20 Å². The van der Waals surface area contributed by atoms with E-state index in [2.05, 4.69) is 33.6 Å². The molecule has 0 saturated carbocycles. The van der Waals surface area contributed by atoms with Crippen LogP contribution in [0.15, 0.2) is 24.5 Å². The second kappa shape index (κ2) is 5.40. The lowest BCUT2D eigenvalue weighted by atomic mass is 10.3. The minimum atomic E-state index is 0. The number of hydrogen-bond donors (Lipinski definition) is 0. The van der Waals surface area contributed by atoms with Crippen molar-refractivity contribution in [1.29, 1.82) is 0 Å². The zero-order valence-electron chi connectivity index (χ0n) is 4.75. The molecule has 1 aromatic heterocycles. The standard InChI is InChI=1S/C6H6IN.HI/c7-4-6-2-1-3-8-5-6;/h1-3,5H,4H2;1H. The van der Waals surface area contributed by atoms with E-state index in [1.807, 2.05) is 12.3 Å². The van der Waals surface area contributed by atoms with Crippen molar-refractivity contribution in [1.82, 2.24) is 4.98 Å². The van der Waals surface area contributed by atoms with Gasteiger partial charge in [-0.15, -0.1) is 24.0 Å². The molecule has 0 bridgehead atoms. The third-order valence-electron chi connectivity index (χ3n) is 0.877. The molecule has 1 aromatic rings. The first kappa shape index (κ1) is 9.61. The summed E-state index contributed by atoms with van der Waals surface area (Å²) in [4.78, 5) is 3.95. The van der Waals surface area contributed by atoms with E-state index in [1.165, 1.54) is 5.56 Å². The van der Waals surface area contributed by atoms with Crippen LogP contribution in [-0.4, -0.2) is 4.98 Å². The van der Waals surface area contributed by atoms with Crippen LogP contribution in [0.3, 0.4) is 0 Å². The van der Waals surface area contributed by atoms with Crippen molar-refractivity contribution in [2.24, 2.45) is 0 Å². The summed E-state index contributed by atoms with van der Waals surface area (Å²) >= 11 is 2.31. The van der Waals surface area contributed by atoms with E-state index in [4.69, 9.17) is 0 Å². The smallest absolute Gasteiger partial charge is 0.0307 e. The summed E-state index contributed by atoms with van der Waals surface area (Å²) in [6.07, 6.45) is 3.67. The summed E-state index contributed by atoms with van der Waals surface area (Å²) in [5.41, 5.74) is 1.29. The van der Waals surface area contributed by atoms with Crippen LogP contribution >= 0.6 is 46.6 Å². The van der Waals surface area contributed by atoms with Gasteiger partial charge in [0.2, 0.25) is 0 Å². The van der Waals surface area contributed by atoms with Crippen LogP contribution < -0.4 is 0 Å². The zero-order valence-corrected chi connectivity index (χ0v) is 9.24. The second-order valence-electron chi connectivity index (χ2n) is 1.49. The highest BCUT2D eigenvalue weighted by molar-refractivity contribution is 14.1. The fraction of sp³-hybridized carbons (Fsp3) is 0.167. The van der Waals surface area contributed by atoms with Gasteiger partial charge in [0.25, 0.3) is 0 Å². The quantitative estimate of drug-likeness (QED) is 0.562. The minimum Gasteiger partial charge on any atom is -0.264 e. The van der Waals surface area contributed by atoms with E-state index >= 15 is 0 Å². The Labute approximate surface area is 85.4 Å². The average Bonchev–Trinajstić information content (AvgIpc) is 1.90. The summed E-state index contributed by atoms with van der Waals surface area (Å²) in [6, 6.07) is 4.02. The normalized spacial score (nSPS) is 8.11. The Bertz CT molecular complexity index is 152. The van der Waals surface area contributed by atoms with Gasteiger partial charge in [-0.2, -0.15) is 0 Å². The molecule has 50 valence electrons. The van der Waals surface area contributed by atoms with Crippen LogP contribution in [0.1, 0.15) is 5.56 Å². The van der Waals surface area contributed by atoms with E-state index in [0.717, 1.165) is 4.43 Å². The molecule has 0 aliphatic heterocycles. The SMILES string of the molecule is I.ICc1cccnc1. The van der Waals surface area contributed by atoms with Gasteiger partial charge >= 0.3 is 0 Å². The van der Waals surface area contributed by atoms with Crippen LogP contribution in [0.25, 0.3) is 0 Å². The van der Waals surface area contributed by atoms with Crippen LogP contribution in [0.2, 0.25) is 0 Å². The van der Waals surface area contributed by atoms with Crippen LogP contribution in [0, 0.1) is 0 Å². The number of nitrogens with zero attached hydrogens (tertiary/aromatic N) is 1. The number of halogens is 2. The van der Waals surface area contributed by atoms with Gasteiger partial charge in [-0.3, -0.25) is 4.98 Å². The van der Waals surface area contributed by atoms with E-state index in [-0.39, 0.29) is 24.0 Å². The Morgan fingerprint density at radius 2 is 2.33 bits per heavy atom. The van der Waals surface area contributed by atoms with Gasteiger partial charge in [0.1, 0.15) is 0 Å². The molecule has 0 unspecified atom stereocenters. The Kier molecular flexibility index (Phi) is 5.77. The molecule has 0 N–H and O–H groups in total. The highest BCUT2D eigenvalue weighted by Gasteiger charge is 1.82. The molecule has 0 atom stereocenters. The van der Waals surface area contributed by atoms with Gasteiger partial charge in [0.15, 0.2) is 0 Å². The molecule has 0 radical (unpaired) electrons. The maximum atomic E-state index is 3.95. The number of alkyl halides is 1. The van der Waals surface area contributed by atoms with Gasteiger partial charge in [0.05, 0.1) is 0 Å². The molecular weight excluding hydrogens is 340 g/mol. The third-order valence-corrected chi connectivity index (χ3v) is 1.76. The first-order chi connectivity index (χ1) is 3.93. The second-order valence-corrected chi connectivity index (χ2v) is 2.26. The van der Waals surface area contributed by atoms with E-state index in [9.17, 15) is 0 Å². The Morgan fingerprint density at radius 3 is 2.67 bits per heavy atom. The van der Waals surface area contributed by atoms with Crippen molar-refractivity contribution in [3.8, 4) is 0 Å². The molecule has 0 fully saturated rings. The molecule has 1 nitrogen and oxygen atoms in total. The minimum absolute atomic E-state index is 0. The van der Waals surface area contributed by atoms with Crippen molar-refractivity contribution in [2.45, 2.75) is 4.43 Å². The predicted molar refractivity (Wildman–Crippen MR) is 57.4 cm³/mol. The zero-order chi connectivity index (χ0) is 5.82. The fourth-order valence-electron chi connectivity index (χ4n) is 0.477. The molecular formula is C6H7I2N. The number of aromatic nitrogens is 1. The van der Waals surface area contributed by atoms with Gasteiger partial charge in [-0.05, 0) is 11.6 Å². The number of rotatable bonds is 1. The van der Waals surface area contributed by atoms with Crippen molar-refractivity contribution in [3.63, 3.8) is 0 Å². The van der Waals surface area contributed by atoms with Crippen LogP contribution in [0.4, 0.5) is 0 Å². The van der Waals surface area contributed by atoms with Crippen molar-refractivity contribution in [3.05, 3.63) is 30.1 Å². The first-order valence-corrected chi connectivity index (χ1v) is 3.91. The lowest BCUT2D eigenvalue weighted by Gasteiger charge is -1.87. The molecule has 0 aliphatic carbocycles. The van der Waals surface area contributed by atoms with E-state index in [0.29, 0.717) is 0 Å². The largest absolute Gasteiger partial charge is 0.264 e. The molecule has 1 rings (SSSR count). The molecule has 0 aromatic carbocycles. The average molecular weight is 347 g/mol. The molecule has 0 amide bonds. The lowest BCUT2D eigenvalue weighted by molar-refractivity contribution is 1.26. The summed E-state index contributed by atoms with van der Waals surface area (Å²) in [5.74, 6) is 0. The molecule has 9 heavy (non-hydrogen) atoms. The maximum absolute atomic E-state index is 3.95. The fourth-order valence-corrected chi connectivity index (χ4v) is 0.928. The van der Waals surface area contributed by atoms with Gasteiger partial charge in [-0.1, -0.05) is 28.7 Å². The Hall–Kier alpha value is 0.610. The number of hydrogen-bond acceptors (Lipinski definition) is 1. The number of pyridine rings is 1. The van der Waals surface area contributed by atoms with Crippen molar-refractivity contribution < 1.29 is 0 Å². The Morgan fingerprint density at radius 1 is 1.56 bits per heavy atom. The van der Waals surface area contributed by atoms with E-state index < -0.39 is 0 Å². The van der Waals surface area contributed by atoms with Crippen molar-refractivity contribution >= 4 is 46.6 Å². The molecule has 0 saturated heterocycles. The highest BCUT2D eigenvalue weighted by Crippen LogP contribution is 2.00. The van der Waals surface area contributed by atoms with Gasteiger partial charge < -0.3 is 0 Å². The summed E-state index contributed by atoms with van der Waals surface area (Å²) in [6.45, 7) is 0. The first-order valence-electron chi connectivity index (χ1n) is 2.38. The summed E-state index contributed by atoms with van der Waals surface area (Å²) < 4.78 is 1.05. The lowest BCUT2D eigenvalue weighted by Crippen LogP contribution is -1.75. The summed E-state index contributed by atoms with van der Waals surface area (Å²) in [7, 11) is 0. The molecule has 0 spiro atoms. The Balaban J connectivity index is 0.000000640. The summed E-state index contributed by atoms with van der Waals surface area (Å²) in [5, 5.41) is 0. The molecule has 3 heteroatoms. The van der Waals surface area contributed by atoms with Crippen LogP contribution in [0.5, 0.6) is 0 Å². The monoisotopic (exact) mass is 347 g/mol. The maximum Gasteiger partial charge on any atom is 0.0307 e. The molecule has 1 heterocycles. The van der Waals surface area contributed by atoms with Crippen molar-refractivity contribution in [2.75, 3.05) is 0 Å².